The summed E-state index contributed by atoms with van der Waals surface area (Å²) < 4.78 is 0. The van der Waals surface area contributed by atoms with Crippen LogP contribution in [-0.2, 0) is 5.41 Å². The fraction of sp³-hybridized carbons (Fsp3) is 0.643. The molecule has 0 fully saturated rings. The Bertz CT molecular complexity index is 361. The molecular weight excluding hydrogens is 228 g/mol. The SMILES string of the molecule is CCCNC(C)/C=C/c1csc(C(C)(C)C)n1. The third-order valence-electron chi connectivity index (χ3n) is 2.44. The highest BCUT2D eigenvalue weighted by Gasteiger charge is 2.17. The average molecular weight is 252 g/mol. The van der Waals surface area contributed by atoms with Crippen LogP contribution in [0.15, 0.2) is 11.5 Å². The van der Waals surface area contributed by atoms with E-state index in [-0.39, 0.29) is 5.41 Å². The van der Waals surface area contributed by atoms with E-state index >= 15 is 0 Å². The van der Waals surface area contributed by atoms with Crippen molar-refractivity contribution in [1.82, 2.24) is 10.3 Å². The van der Waals surface area contributed by atoms with Gasteiger partial charge in [0.2, 0.25) is 0 Å². The van der Waals surface area contributed by atoms with Crippen LogP contribution in [0.1, 0.15) is 51.7 Å². The van der Waals surface area contributed by atoms with Gasteiger partial charge >= 0.3 is 0 Å². The van der Waals surface area contributed by atoms with Crippen LogP contribution < -0.4 is 5.32 Å². The van der Waals surface area contributed by atoms with Gasteiger partial charge in [-0.3, -0.25) is 0 Å². The molecule has 1 atom stereocenters. The Morgan fingerprint density at radius 1 is 1.47 bits per heavy atom. The Balaban J connectivity index is 2.57. The van der Waals surface area contributed by atoms with Crippen LogP contribution >= 0.6 is 11.3 Å². The molecule has 1 rings (SSSR count). The van der Waals surface area contributed by atoms with Crippen molar-refractivity contribution in [3.05, 3.63) is 22.2 Å². The normalized spacial score (nSPS) is 14.4. The zero-order valence-corrected chi connectivity index (χ0v) is 12.4. The summed E-state index contributed by atoms with van der Waals surface area (Å²) in [6.45, 7) is 12.0. The van der Waals surface area contributed by atoms with Gasteiger partial charge in [0.05, 0.1) is 10.7 Å². The first-order chi connectivity index (χ1) is 7.93. The van der Waals surface area contributed by atoms with E-state index in [0.717, 1.165) is 12.2 Å². The van der Waals surface area contributed by atoms with Gasteiger partial charge < -0.3 is 5.32 Å². The van der Waals surface area contributed by atoms with Gasteiger partial charge in [0.15, 0.2) is 0 Å². The molecule has 0 aliphatic rings. The molecule has 1 aromatic rings. The zero-order valence-electron chi connectivity index (χ0n) is 11.6. The summed E-state index contributed by atoms with van der Waals surface area (Å²) in [7, 11) is 0. The van der Waals surface area contributed by atoms with Gasteiger partial charge in [-0.15, -0.1) is 11.3 Å². The van der Waals surface area contributed by atoms with Crippen LogP contribution in [0.3, 0.4) is 0 Å². The molecule has 1 heterocycles. The lowest BCUT2D eigenvalue weighted by molar-refractivity contribution is 0.585. The average Bonchev–Trinajstić information content (AvgIpc) is 2.71. The lowest BCUT2D eigenvalue weighted by atomic mass is 9.98. The molecule has 0 saturated carbocycles. The number of nitrogens with zero attached hydrogens (tertiary/aromatic N) is 1. The molecule has 96 valence electrons. The summed E-state index contributed by atoms with van der Waals surface area (Å²) in [4.78, 5) is 4.64. The van der Waals surface area contributed by atoms with E-state index < -0.39 is 0 Å². The molecule has 1 aromatic heterocycles. The largest absolute Gasteiger partial charge is 0.311 e. The van der Waals surface area contributed by atoms with E-state index in [2.05, 4.69) is 62.5 Å². The quantitative estimate of drug-likeness (QED) is 0.861. The molecule has 0 aliphatic carbocycles. The molecule has 0 aromatic carbocycles. The van der Waals surface area contributed by atoms with Gasteiger partial charge in [-0.1, -0.05) is 33.8 Å². The Kier molecular flexibility index (Phi) is 5.34. The van der Waals surface area contributed by atoms with E-state index in [1.54, 1.807) is 11.3 Å². The summed E-state index contributed by atoms with van der Waals surface area (Å²) in [5.74, 6) is 0. The van der Waals surface area contributed by atoms with E-state index in [9.17, 15) is 0 Å². The zero-order chi connectivity index (χ0) is 12.9. The van der Waals surface area contributed by atoms with Gasteiger partial charge in [-0.05, 0) is 26.0 Å². The predicted molar refractivity (Wildman–Crippen MR) is 77.6 cm³/mol. The van der Waals surface area contributed by atoms with Crippen LogP contribution in [0.2, 0.25) is 0 Å². The second kappa shape index (κ2) is 6.31. The summed E-state index contributed by atoms with van der Waals surface area (Å²) >= 11 is 1.74. The van der Waals surface area contributed by atoms with E-state index in [4.69, 9.17) is 0 Å². The summed E-state index contributed by atoms with van der Waals surface area (Å²) in [5, 5.41) is 6.76. The molecule has 0 aliphatic heterocycles. The maximum absolute atomic E-state index is 4.64. The van der Waals surface area contributed by atoms with Crippen LogP contribution in [0.4, 0.5) is 0 Å². The first-order valence-electron chi connectivity index (χ1n) is 6.31. The molecule has 17 heavy (non-hydrogen) atoms. The maximum atomic E-state index is 4.64. The summed E-state index contributed by atoms with van der Waals surface area (Å²) in [5.41, 5.74) is 1.23. The molecule has 0 saturated heterocycles. The first kappa shape index (κ1) is 14.4. The summed E-state index contributed by atoms with van der Waals surface area (Å²) in [6.07, 6.45) is 5.46. The fourth-order valence-electron chi connectivity index (χ4n) is 1.39. The molecule has 1 N–H and O–H groups in total. The van der Waals surface area contributed by atoms with Crippen LogP contribution in [0.25, 0.3) is 6.08 Å². The second-order valence-electron chi connectivity index (χ2n) is 5.43. The van der Waals surface area contributed by atoms with Gasteiger partial charge in [0, 0.05) is 16.8 Å². The molecule has 0 radical (unpaired) electrons. The van der Waals surface area contributed by atoms with Crippen molar-refractivity contribution in [2.24, 2.45) is 0 Å². The van der Waals surface area contributed by atoms with Crippen molar-refractivity contribution in [3.63, 3.8) is 0 Å². The lowest BCUT2D eigenvalue weighted by Gasteiger charge is -2.13. The molecule has 2 nitrogen and oxygen atoms in total. The standard InChI is InChI=1S/C14H24N2S/c1-6-9-15-11(2)7-8-12-10-17-13(16-12)14(3,4)5/h7-8,10-11,15H,6,9H2,1-5H3/b8-7+. The minimum atomic E-state index is 0.156. The minimum Gasteiger partial charge on any atom is -0.311 e. The van der Waals surface area contributed by atoms with Gasteiger partial charge in [-0.25, -0.2) is 4.98 Å². The first-order valence-corrected chi connectivity index (χ1v) is 7.19. The Hall–Kier alpha value is -0.670. The van der Waals surface area contributed by atoms with Crippen molar-refractivity contribution >= 4 is 17.4 Å². The highest BCUT2D eigenvalue weighted by molar-refractivity contribution is 7.09. The minimum absolute atomic E-state index is 0.156. The number of rotatable bonds is 5. The number of thiazole rings is 1. The van der Waals surface area contributed by atoms with Crippen LogP contribution in [0, 0.1) is 0 Å². The molecule has 1 unspecified atom stereocenters. The van der Waals surface area contributed by atoms with Gasteiger partial charge in [0.25, 0.3) is 0 Å². The van der Waals surface area contributed by atoms with Crippen molar-refractivity contribution < 1.29 is 0 Å². The maximum Gasteiger partial charge on any atom is 0.0985 e. The summed E-state index contributed by atoms with van der Waals surface area (Å²) in [6, 6.07) is 0.412. The lowest BCUT2D eigenvalue weighted by Crippen LogP contribution is -2.24. The van der Waals surface area contributed by atoms with Crippen molar-refractivity contribution in [3.8, 4) is 0 Å². The van der Waals surface area contributed by atoms with Crippen LogP contribution in [-0.4, -0.2) is 17.6 Å². The van der Waals surface area contributed by atoms with Gasteiger partial charge in [-0.2, -0.15) is 0 Å². The van der Waals surface area contributed by atoms with E-state index in [0.29, 0.717) is 6.04 Å². The number of hydrogen-bond acceptors (Lipinski definition) is 3. The molecule has 0 amide bonds. The second-order valence-corrected chi connectivity index (χ2v) is 6.29. The monoisotopic (exact) mass is 252 g/mol. The predicted octanol–water partition coefficient (Wildman–Crippen LogP) is 3.84. The third kappa shape index (κ3) is 5.00. The van der Waals surface area contributed by atoms with Crippen molar-refractivity contribution in [2.45, 2.75) is 52.5 Å². The molecule has 3 heteroatoms. The Morgan fingerprint density at radius 2 is 2.18 bits per heavy atom. The highest BCUT2D eigenvalue weighted by atomic mass is 32.1. The van der Waals surface area contributed by atoms with Crippen molar-refractivity contribution in [2.75, 3.05) is 6.54 Å². The Morgan fingerprint density at radius 3 is 2.71 bits per heavy atom. The highest BCUT2D eigenvalue weighted by Crippen LogP contribution is 2.25. The number of hydrogen-bond donors (Lipinski definition) is 1. The topological polar surface area (TPSA) is 24.9 Å². The van der Waals surface area contributed by atoms with E-state index in [1.165, 1.54) is 11.4 Å². The van der Waals surface area contributed by atoms with Gasteiger partial charge in [0.1, 0.15) is 0 Å². The van der Waals surface area contributed by atoms with Crippen molar-refractivity contribution in [1.29, 1.82) is 0 Å². The molecule has 0 bridgehead atoms. The van der Waals surface area contributed by atoms with E-state index in [1.807, 2.05) is 0 Å². The molecule has 0 spiro atoms. The van der Waals surface area contributed by atoms with Crippen LogP contribution in [0.5, 0.6) is 0 Å². The number of nitrogens with one attached hydrogen (secondary N) is 1. The smallest absolute Gasteiger partial charge is 0.0985 e. The number of aromatic nitrogens is 1. The fourth-order valence-corrected chi connectivity index (χ4v) is 2.27. The third-order valence-corrected chi connectivity index (χ3v) is 3.72. The Labute approximate surface area is 109 Å². The molecular formula is C14H24N2S.